The van der Waals surface area contributed by atoms with E-state index in [4.69, 9.17) is 37.7 Å². The van der Waals surface area contributed by atoms with Crippen LogP contribution in [0.5, 0.6) is 11.6 Å². The van der Waals surface area contributed by atoms with Crippen LogP contribution in [0.3, 0.4) is 0 Å². The first-order valence-corrected chi connectivity index (χ1v) is 13.9. The fourth-order valence-corrected chi connectivity index (χ4v) is 5.52. The van der Waals surface area contributed by atoms with Crippen molar-refractivity contribution < 1.29 is 14.3 Å². The molecule has 0 unspecified atom stereocenters. The highest BCUT2D eigenvalue weighted by Gasteiger charge is 2.22. The zero-order chi connectivity index (χ0) is 27.2. The Bertz CT molecular complexity index is 1270. The Labute approximate surface area is 262 Å². The van der Waals surface area contributed by atoms with Crippen LogP contribution in [-0.4, -0.2) is 72.2 Å². The second-order valence-corrected chi connectivity index (χ2v) is 10.8. The summed E-state index contributed by atoms with van der Waals surface area (Å²) >= 11 is 12.6. The summed E-state index contributed by atoms with van der Waals surface area (Å²) in [5.41, 5.74) is 2.57. The number of esters is 1. The zero-order valence-corrected chi connectivity index (χ0v) is 25.9. The lowest BCUT2D eigenvalue weighted by Crippen LogP contribution is -2.44. The van der Waals surface area contributed by atoms with Gasteiger partial charge in [-0.1, -0.05) is 23.2 Å². The van der Waals surface area contributed by atoms with Crippen LogP contribution in [0, 0.1) is 5.92 Å². The molecule has 2 aliphatic heterocycles. The molecule has 41 heavy (non-hydrogen) atoms. The van der Waals surface area contributed by atoms with Gasteiger partial charge in [-0.25, -0.2) is 15.0 Å². The summed E-state index contributed by atoms with van der Waals surface area (Å²) in [4.78, 5) is 30.0. The van der Waals surface area contributed by atoms with Crippen molar-refractivity contribution in [3.8, 4) is 22.9 Å². The van der Waals surface area contributed by atoms with E-state index in [2.05, 4.69) is 25.1 Å². The molecule has 1 N–H and O–H groups in total. The average Bonchev–Trinajstić information content (AvgIpc) is 2.94. The number of likely N-dealkylation sites (tertiary alicyclic amines) is 1. The van der Waals surface area contributed by atoms with Gasteiger partial charge in [0.05, 0.1) is 25.2 Å². The highest BCUT2D eigenvalue weighted by molar-refractivity contribution is 6.35. The quantitative estimate of drug-likeness (QED) is 0.312. The van der Waals surface area contributed by atoms with Gasteiger partial charge in [-0.05, 0) is 61.7 Å². The average molecular weight is 644 g/mol. The number of halogens is 4. The van der Waals surface area contributed by atoms with Crippen molar-refractivity contribution in [2.75, 3.05) is 51.3 Å². The number of piperazine rings is 1. The largest absolute Gasteiger partial charge is 0.469 e. The van der Waals surface area contributed by atoms with Crippen molar-refractivity contribution in [1.29, 1.82) is 0 Å². The van der Waals surface area contributed by atoms with Gasteiger partial charge in [-0.15, -0.1) is 24.8 Å². The van der Waals surface area contributed by atoms with E-state index in [0.717, 1.165) is 69.8 Å². The Kier molecular flexibility index (Phi) is 12.7. The molecule has 0 atom stereocenters. The van der Waals surface area contributed by atoms with Crippen molar-refractivity contribution >= 4 is 59.9 Å². The summed E-state index contributed by atoms with van der Waals surface area (Å²) in [6.07, 6.45) is 5.75. The molecule has 1 aromatic carbocycles. The molecular weight excluding hydrogens is 610 g/mol. The van der Waals surface area contributed by atoms with Crippen LogP contribution >= 0.6 is 48.0 Å². The maximum absolute atomic E-state index is 11.7. The summed E-state index contributed by atoms with van der Waals surface area (Å²) in [5.74, 6) is 1.86. The van der Waals surface area contributed by atoms with Crippen molar-refractivity contribution in [3.63, 3.8) is 0 Å². The van der Waals surface area contributed by atoms with Gasteiger partial charge in [0, 0.05) is 60.8 Å². The van der Waals surface area contributed by atoms with Gasteiger partial charge in [0.1, 0.15) is 0 Å². The lowest BCUT2D eigenvalue weighted by Gasteiger charge is -2.31. The molecule has 0 aliphatic carbocycles. The van der Waals surface area contributed by atoms with E-state index in [1.54, 1.807) is 18.5 Å². The van der Waals surface area contributed by atoms with Crippen LogP contribution < -0.4 is 15.0 Å². The number of carbonyl (C=O) groups excluding carboxylic acids is 1. The molecule has 0 saturated carbocycles. The minimum atomic E-state index is -0.140. The number of methoxy groups -OCH3 is 1. The number of benzene rings is 1. The zero-order valence-electron chi connectivity index (χ0n) is 22.7. The molecule has 222 valence electrons. The van der Waals surface area contributed by atoms with Gasteiger partial charge < -0.3 is 19.7 Å². The summed E-state index contributed by atoms with van der Waals surface area (Å²) in [7, 11) is 1.44. The Hall–Kier alpha value is -2.40. The number of nitrogens with zero attached hydrogens (tertiary/aromatic N) is 5. The fourth-order valence-electron chi connectivity index (χ4n) is 4.99. The molecule has 5 rings (SSSR count). The summed E-state index contributed by atoms with van der Waals surface area (Å²) in [6, 6.07) is 9.36. The number of anilines is 1. The van der Waals surface area contributed by atoms with Crippen molar-refractivity contribution in [1.82, 2.24) is 25.2 Å². The van der Waals surface area contributed by atoms with Crippen LogP contribution in [0.15, 0.2) is 42.7 Å². The van der Waals surface area contributed by atoms with Gasteiger partial charge in [0.2, 0.25) is 11.8 Å². The SMILES string of the molecule is COC(=O)CC1CCN(Cc2cc(Oc3cnc(N4CCNCC4)nc3)nc(-c3cc(Cl)cc(Cl)c3)c2)CC1.Cl.Cl. The van der Waals surface area contributed by atoms with Gasteiger partial charge in [-0.2, -0.15) is 0 Å². The summed E-state index contributed by atoms with van der Waals surface area (Å²) in [6.45, 7) is 6.10. The van der Waals surface area contributed by atoms with Crippen LogP contribution in [0.25, 0.3) is 11.3 Å². The molecule has 2 aliphatic rings. The Balaban J connectivity index is 0.00000231. The van der Waals surface area contributed by atoms with Crippen LogP contribution in [0.1, 0.15) is 24.8 Å². The highest BCUT2D eigenvalue weighted by Crippen LogP contribution is 2.31. The van der Waals surface area contributed by atoms with Crippen molar-refractivity contribution in [2.45, 2.75) is 25.8 Å². The second kappa shape index (κ2) is 15.7. The molecular formula is C28H34Cl4N6O3. The number of hydrogen-bond donors (Lipinski definition) is 1. The number of ether oxygens (including phenoxy) is 2. The molecule has 3 aromatic rings. The van der Waals surface area contributed by atoms with E-state index < -0.39 is 0 Å². The molecule has 2 aromatic heterocycles. The van der Waals surface area contributed by atoms with E-state index in [-0.39, 0.29) is 30.8 Å². The monoisotopic (exact) mass is 642 g/mol. The number of pyridine rings is 1. The topological polar surface area (TPSA) is 92.7 Å². The second-order valence-electron chi connectivity index (χ2n) is 9.91. The Morgan fingerprint density at radius 2 is 1.63 bits per heavy atom. The third kappa shape index (κ3) is 9.30. The molecule has 0 spiro atoms. The highest BCUT2D eigenvalue weighted by atomic mass is 35.5. The molecule has 13 heteroatoms. The predicted molar refractivity (Wildman–Crippen MR) is 166 cm³/mol. The number of nitrogens with one attached hydrogen (secondary N) is 1. The molecule has 2 saturated heterocycles. The number of rotatable bonds is 8. The molecule has 2 fully saturated rings. The van der Waals surface area contributed by atoms with E-state index >= 15 is 0 Å². The first-order valence-electron chi connectivity index (χ1n) is 13.2. The maximum Gasteiger partial charge on any atom is 0.305 e. The van der Waals surface area contributed by atoms with E-state index in [1.165, 1.54) is 7.11 Å². The van der Waals surface area contributed by atoms with Crippen molar-refractivity contribution in [2.24, 2.45) is 5.92 Å². The number of carbonyl (C=O) groups is 1. The molecule has 0 amide bonds. The summed E-state index contributed by atoms with van der Waals surface area (Å²) < 4.78 is 11.0. The third-order valence-electron chi connectivity index (χ3n) is 7.05. The van der Waals surface area contributed by atoms with Crippen LogP contribution in [-0.2, 0) is 16.1 Å². The fraction of sp³-hybridized carbons (Fsp3) is 0.429. The third-order valence-corrected chi connectivity index (χ3v) is 7.49. The first kappa shape index (κ1) is 33.1. The van der Waals surface area contributed by atoms with Crippen LogP contribution in [0.2, 0.25) is 10.0 Å². The number of hydrogen-bond acceptors (Lipinski definition) is 9. The summed E-state index contributed by atoms with van der Waals surface area (Å²) in [5, 5.41) is 4.41. The van der Waals surface area contributed by atoms with Gasteiger partial charge in [0.15, 0.2) is 5.75 Å². The molecule has 9 nitrogen and oxygen atoms in total. The lowest BCUT2D eigenvalue weighted by molar-refractivity contribution is -0.142. The number of piperidine rings is 1. The first-order chi connectivity index (χ1) is 18.9. The van der Waals surface area contributed by atoms with Crippen LogP contribution in [0.4, 0.5) is 5.95 Å². The van der Waals surface area contributed by atoms with E-state index in [1.807, 2.05) is 24.3 Å². The van der Waals surface area contributed by atoms with Gasteiger partial charge >= 0.3 is 5.97 Å². The Morgan fingerprint density at radius 3 is 2.27 bits per heavy atom. The molecule has 4 heterocycles. The van der Waals surface area contributed by atoms with E-state index in [0.29, 0.717) is 45.7 Å². The van der Waals surface area contributed by atoms with Gasteiger partial charge in [0.25, 0.3) is 0 Å². The maximum atomic E-state index is 11.7. The lowest BCUT2D eigenvalue weighted by atomic mass is 9.93. The van der Waals surface area contributed by atoms with Gasteiger partial charge in [-0.3, -0.25) is 9.69 Å². The molecule has 0 radical (unpaired) electrons. The standard InChI is InChI=1S/C28H32Cl2N6O3.2ClH/c1-38-27(37)12-19-2-6-35(7-3-19)18-20-10-25(21-13-22(29)15-23(30)14-21)34-26(11-20)39-24-16-32-28(33-17-24)36-8-4-31-5-9-36;;/h10-11,13-17,19,31H,2-9,12,18H2,1H3;2*1H. The molecule has 0 bridgehead atoms. The predicted octanol–water partition coefficient (Wildman–Crippen LogP) is 5.67. The minimum absolute atomic E-state index is 0. The Morgan fingerprint density at radius 1 is 0.976 bits per heavy atom. The minimum Gasteiger partial charge on any atom is -0.469 e. The van der Waals surface area contributed by atoms with Crippen molar-refractivity contribution in [3.05, 3.63) is 58.3 Å². The smallest absolute Gasteiger partial charge is 0.305 e. The number of aromatic nitrogens is 3. The normalized spacial score (nSPS) is 15.9. The van der Waals surface area contributed by atoms with E-state index in [9.17, 15) is 4.79 Å².